The van der Waals surface area contributed by atoms with Crippen molar-refractivity contribution in [3.63, 3.8) is 0 Å². The fourth-order valence-electron chi connectivity index (χ4n) is 2.54. The van der Waals surface area contributed by atoms with Crippen LogP contribution in [-0.4, -0.2) is 23.2 Å². The number of rotatable bonds is 7. The first-order valence-corrected chi connectivity index (χ1v) is 7.86. The Morgan fingerprint density at radius 1 is 1.04 bits per heavy atom. The zero-order valence-corrected chi connectivity index (χ0v) is 13.5. The third kappa shape index (κ3) is 4.84. The minimum atomic E-state index is -0.976. The van der Waals surface area contributed by atoms with E-state index in [4.69, 9.17) is 4.74 Å². The summed E-state index contributed by atoms with van der Waals surface area (Å²) >= 11 is 0. The van der Waals surface area contributed by atoms with Gasteiger partial charge in [-0.3, -0.25) is 4.79 Å². The Kier molecular flexibility index (Phi) is 6.37. The number of carbonyl (C=O) groups is 2. The van der Waals surface area contributed by atoms with Crippen LogP contribution in [0.3, 0.4) is 0 Å². The first-order chi connectivity index (χ1) is 11.6. The van der Waals surface area contributed by atoms with Crippen LogP contribution in [0.2, 0.25) is 0 Å². The maximum atomic E-state index is 12.0. The highest BCUT2D eigenvalue weighted by atomic mass is 16.5. The molecule has 1 amide bonds. The molecular formula is C19H21NO4. The van der Waals surface area contributed by atoms with Gasteiger partial charge in [-0.25, -0.2) is 4.79 Å². The maximum absolute atomic E-state index is 12.0. The van der Waals surface area contributed by atoms with Crippen molar-refractivity contribution in [1.29, 1.82) is 0 Å². The molecule has 0 aliphatic carbocycles. The lowest BCUT2D eigenvalue weighted by Gasteiger charge is -2.24. The van der Waals surface area contributed by atoms with E-state index in [1.165, 1.54) is 0 Å². The molecule has 0 saturated heterocycles. The van der Waals surface area contributed by atoms with Gasteiger partial charge in [-0.2, -0.15) is 0 Å². The van der Waals surface area contributed by atoms with Gasteiger partial charge in [0.15, 0.2) is 0 Å². The molecule has 126 valence electrons. The number of aliphatic carboxylic acids is 1. The summed E-state index contributed by atoms with van der Waals surface area (Å²) in [6.45, 7) is 1.98. The molecule has 2 N–H and O–H groups in total. The maximum Gasteiger partial charge on any atom is 0.407 e. The van der Waals surface area contributed by atoms with Crippen LogP contribution in [0.5, 0.6) is 0 Å². The van der Waals surface area contributed by atoms with Crippen molar-refractivity contribution in [3.8, 4) is 0 Å². The predicted molar refractivity (Wildman–Crippen MR) is 90.7 cm³/mol. The summed E-state index contributed by atoms with van der Waals surface area (Å²) in [7, 11) is 0. The minimum absolute atomic E-state index is 0.145. The molecule has 0 aliphatic rings. The summed E-state index contributed by atoms with van der Waals surface area (Å²) in [5.41, 5.74) is 1.53. The SMILES string of the molecule is CC[C@H](NC(=O)OCc1ccccc1)[C@H](C(=O)O)c1ccccc1. The van der Waals surface area contributed by atoms with E-state index in [1.807, 2.05) is 43.3 Å². The van der Waals surface area contributed by atoms with E-state index < -0.39 is 24.0 Å². The number of hydrogen-bond acceptors (Lipinski definition) is 3. The van der Waals surface area contributed by atoms with Crippen molar-refractivity contribution in [1.82, 2.24) is 5.32 Å². The quantitative estimate of drug-likeness (QED) is 0.815. The lowest BCUT2D eigenvalue weighted by Crippen LogP contribution is -2.42. The highest BCUT2D eigenvalue weighted by Gasteiger charge is 2.30. The molecule has 0 saturated carbocycles. The van der Waals surface area contributed by atoms with E-state index in [2.05, 4.69) is 5.32 Å². The third-order valence-corrected chi connectivity index (χ3v) is 3.78. The number of nitrogens with one attached hydrogen (secondary N) is 1. The van der Waals surface area contributed by atoms with E-state index in [0.717, 1.165) is 5.56 Å². The molecule has 0 unspecified atom stereocenters. The summed E-state index contributed by atoms with van der Waals surface area (Å²) in [6.07, 6.45) is -0.139. The number of carboxylic acids is 1. The van der Waals surface area contributed by atoms with Gasteiger partial charge in [0, 0.05) is 6.04 Å². The van der Waals surface area contributed by atoms with Gasteiger partial charge >= 0.3 is 12.1 Å². The Hall–Kier alpha value is -2.82. The van der Waals surface area contributed by atoms with Gasteiger partial charge in [0.1, 0.15) is 12.5 Å². The molecule has 0 heterocycles. The molecule has 0 aromatic heterocycles. The molecule has 2 aromatic carbocycles. The number of carbonyl (C=O) groups excluding carboxylic acids is 1. The predicted octanol–water partition coefficient (Wildman–Crippen LogP) is 3.56. The van der Waals surface area contributed by atoms with Gasteiger partial charge < -0.3 is 15.2 Å². The van der Waals surface area contributed by atoms with Gasteiger partial charge in [0.05, 0.1) is 0 Å². The number of hydrogen-bond donors (Lipinski definition) is 2. The molecule has 24 heavy (non-hydrogen) atoms. The second-order valence-electron chi connectivity index (χ2n) is 5.45. The monoisotopic (exact) mass is 327 g/mol. The van der Waals surface area contributed by atoms with Crippen molar-refractivity contribution in [2.45, 2.75) is 31.9 Å². The van der Waals surface area contributed by atoms with E-state index in [1.54, 1.807) is 24.3 Å². The second kappa shape index (κ2) is 8.72. The van der Waals surface area contributed by atoms with Gasteiger partial charge in [-0.1, -0.05) is 67.6 Å². The molecule has 5 nitrogen and oxygen atoms in total. The molecular weight excluding hydrogens is 306 g/mol. The van der Waals surface area contributed by atoms with Crippen molar-refractivity contribution in [2.75, 3.05) is 0 Å². The third-order valence-electron chi connectivity index (χ3n) is 3.78. The molecule has 0 bridgehead atoms. The van der Waals surface area contributed by atoms with Gasteiger partial charge in [0.2, 0.25) is 0 Å². The van der Waals surface area contributed by atoms with Crippen molar-refractivity contribution in [3.05, 3.63) is 71.8 Å². The molecule has 0 radical (unpaired) electrons. The van der Waals surface area contributed by atoms with Crippen LogP contribution in [-0.2, 0) is 16.1 Å². The average Bonchev–Trinajstić information content (AvgIpc) is 2.61. The second-order valence-corrected chi connectivity index (χ2v) is 5.45. The number of alkyl carbamates (subject to hydrolysis) is 1. The highest BCUT2D eigenvalue weighted by Crippen LogP contribution is 2.22. The summed E-state index contributed by atoms with van der Waals surface area (Å²) < 4.78 is 5.18. The van der Waals surface area contributed by atoms with Crippen LogP contribution >= 0.6 is 0 Å². The Balaban J connectivity index is 2.01. The number of amides is 1. The molecule has 2 rings (SSSR count). The Morgan fingerprint density at radius 3 is 2.17 bits per heavy atom. The van der Waals surface area contributed by atoms with E-state index in [0.29, 0.717) is 12.0 Å². The largest absolute Gasteiger partial charge is 0.481 e. The number of benzene rings is 2. The number of carboxylic acid groups (broad SMARTS) is 1. The molecule has 0 spiro atoms. The first kappa shape index (κ1) is 17.5. The molecule has 0 aliphatic heterocycles. The van der Waals surface area contributed by atoms with Gasteiger partial charge in [0.25, 0.3) is 0 Å². The van der Waals surface area contributed by atoms with E-state index in [9.17, 15) is 14.7 Å². The summed E-state index contributed by atoms with van der Waals surface area (Å²) in [6, 6.07) is 17.7. The molecule has 2 aromatic rings. The van der Waals surface area contributed by atoms with Crippen LogP contribution < -0.4 is 5.32 Å². The Morgan fingerprint density at radius 2 is 1.62 bits per heavy atom. The Labute approximate surface area is 141 Å². The fourth-order valence-corrected chi connectivity index (χ4v) is 2.54. The van der Waals surface area contributed by atoms with Crippen LogP contribution in [0.1, 0.15) is 30.4 Å². The lowest BCUT2D eigenvalue weighted by molar-refractivity contribution is -0.139. The van der Waals surface area contributed by atoms with E-state index >= 15 is 0 Å². The zero-order valence-electron chi connectivity index (χ0n) is 13.5. The summed E-state index contributed by atoms with van der Waals surface area (Å²) in [4.78, 5) is 23.7. The van der Waals surface area contributed by atoms with Crippen LogP contribution in [0.25, 0.3) is 0 Å². The van der Waals surface area contributed by atoms with Crippen molar-refractivity contribution in [2.24, 2.45) is 0 Å². The smallest absolute Gasteiger partial charge is 0.407 e. The lowest BCUT2D eigenvalue weighted by atomic mass is 9.90. The zero-order chi connectivity index (χ0) is 17.4. The van der Waals surface area contributed by atoms with Crippen LogP contribution in [0, 0.1) is 0 Å². The topological polar surface area (TPSA) is 75.6 Å². The minimum Gasteiger partial charge on any atom is -0.481 e. The van der Waals surface area contributed by atoms with Gasteiger partial charge in [-0.15, -0.1) is 0 Å². The summed E-state index contributed by atoms with van der Waals surface area (Å²) in [5, 5.41) is 12.2. The van der Waals surface area contributed by atoms with Gasteiger partial charge in [-0.05, 0) is 17.5 Å². The first-order valence-electron chi connectivity index (χ1n) is 7.86. The van der Waals surface area contributed by atoms with Crippen molar-refractivity contribution < 1.29 is 19.4 Å². The van der Waals surface area contributed by atoms with E-state index in [-0.39, 0.29) is 6.61 Å². The average molecular weight is 327 g/mol. The summed E-state index contributed by atoms with van der Waals surface area (Å²) in [5.74, 6) is -1.79. The number of ether oxygens (including phenoxy) is 1. The Bertz CT molecular complexity index is 658. The standard InChI is InChI=1S/C19H21NO4/c1-2-16(17(18(21)22)15-11-7-4-8-12-15)20-19(23)24-13-14-9-5-3-6-10-14/h3-12,16-17H,2,13H2,1H3,(H,20,23)(H,21,22)/t16-,17+/m0/s1. The fraction of sp³-hybridized carbons (Fsp3) is 0.263. The van der Waals surface area contributed by atoms with Crippen LogP contribution in [0.4, 0.5) is 4.79 Å². The molecule has 2 atom stereocenters. The molecule has 0 fully saturated rings. The highest BCUT2D eigenvalue weighted by molar-refractivity contribution is 5.78. The molecule has 5 heteroatoms. The van der Waals surface area contributed by atoms with Crippen molar-refractivity contribution >= 4 is 12.1 Å². The van der Waals surface area contributed by atoms with Crippen LogP contribution in [0.15, 0.2) is 60.7 Å². The normalized spacial score (nSPS) is 12.9.